The maximum atomic E-state index is 9.47. The molecule has 0 radical (unpaired) electrons. The summed E-state index contributed by atoms with van der Waals surface area (Å²) < 4.78 is 1.79. The van der Waals surface area contributed by atoms with E-state index in [-0.39, 0.29) is 5.75 Å². The van der Waals surface area contributed by atoms with Crippen molar-refractivity contribution in [1.29, 1.82) is 0 Å². The van der Waals surface area contributed by atoms with E-state index in [1.54, 1.807) is 16.8 Å². The van der Waals surface area contributed by atoms with E-state index in [9.17, 15) is 5.11 Å². The quantitative estimate of drug-likeness (QED) is 0.827. The second-order valence-corrected chi connectivity index (χ2v) is 4.40. The van der Waals surface area contributed by atoms with Gasteiger partial charge in [-0.2, -0.15) is 5.10 Å². The number of phenolic OH excluding ortho intramolecular Hbond substituents is 1. The SMILES string of the molecule is Oc1cccc(-n2cc(N3CCNCC3)cn2)c1. The number of phenols is 1. The van der Waals surface area contributed by atoms with E-state index in [2.05, 4.69) is 15.3 Å². The van der Waals surface area contributed by atoms with Gasteiger partial charge in [-0.1, -0.05) is 6.07 Å². The number of anilines is 1. The molecule has 2 N–H and O–H groups in total. The van der Waals surface area contributed by atoms with Crippen LogP contribution in [0.5, 0.6) is 5.75 Å². The van der Waals surface area contributed by atoms with Crippen molar-refractivity contribution in [2.75, 3.05) is 31.1 Å². The minimum Gasteiger partial charge on any atom is -0.508 e. The van der Waals surface area contributed by atoms with Crippen LogP contribution in [0.3, 0.4) is 0 Å². The summed E-state index contributed by atoms with van der Waals surface area (Å²) >= 11 is 0. The molecule has 1 aliphatic heterocycles. The van der Waals surface area contributed by atoms with Crippen LogP contribution >= 0.6 is 0 Å². The Bertz CT molecular complexity index is 531. The first-order valence-corrected chi connectivity index (χ1v) is 6.13. The van der Waals surface area contributed by atoms with Crippen LogP contribution in [0.2, 0.25) is 0 Å². The van der Waals surface area contributed by atoms with Crippen LogP contribution in [0.4, 0.5) is 5.69 Å². The van der Waals surface area contributed by atoms with Gasteiger partial charge < -0.3 is 15.3 Å². The molecule has 3 rings (SSSR count). The second-order valence-electron chi connectivity index (χ2n) is 4.40. The van der Waals surface area contributed by atoms with Crippen molar-refractivity contribution in [3.05, 3.63) is 36.7 Å². The fourth-order valence-corrected chi connectivity index (χ4v) is 2.18. The van der Waals surface area contributed by atoms with Gasteiger partial charge in [0.25, 0.3) is 0 Å². The van der Waals surface area contributed by atoms with Crippen LogP contribution in [-0.2, 0) is 0 Å². The van der Waals surface area contributed by atoms with Crippen LogP contribution in [0.1, 0.15) is 0 Å². The van der Waals surface area contributed by atoms with Crippen LogP contribution in [-0.4, -0.2) is 41.1 Å². The molecule has 1 saturated heterocycles. The molecule has 0 spiro atoms. The first kappa shape index (κ1) is 11.1. The number of benzene rings is 1. The maximum absolute atomic E-state index is 9.47. The number of hydrogen-bond acceptors (Lipinski definition) is 4. The summed E-state index contributed by atoms with van der Waals surface area (Å²) in [5.74, 6) is 0.256. The highest BCUT2D eigenvalue weighted by atomic mass is 16.3. The molecule has 1 fully saturated rings. The van der Waals surface area contributed by atoms with Crippen LogP contribution in [0.25, 0.3) is 5.69 Å². The third-order valence-corrected chi connectivity index (χ3v) is 3.15. The fourth-order valence-electron chi connectivity index (χ4n) is 2.18. The first-order chi connectivity index (χ1) is 8.83. The van der Waals surface area contributed by atoms with E-state index in [0.717, 1.165) is 37.6 Å². The standard InChI is InChI=1S/C13H16N4O/c18-13-3-1-2-11(8-13)17-10-12(9-15-17)16-6-4-14-5-7-16/h1-3,8-10,14,18H,4-7H2. The molecule has 1 aliphatic rings. The Morgan fingerprint density at radius 3 is 2.78 bits per heavy atom. The Kier molecular flexibility index (Phi) is 2.90. The molecule has 0 saturated carbocycles. The lowest BCUT2D eigenvalue weighted by Gasteiger charge is -2.27. The van der Waals surface area contributed by atoms with Crippen LogP contribution in [0, 0.1) is 0 Å². The number of nitrogens with one attached hydrogen (secondary N) is 1. The summed E-state index contributed by atoms with van der Waals surface area (Å²) in [4.78, 5) is 2.31. The minimum absolute atomic E-state index is 0.256. The van der Waals surface area contributed by atoms with Crippen molar-refractivity contribution < 1.29 is 5.11 Å². The highest BCUT2D eigenvalue weighted by molar-refractivity contribution is 5.46. The Hall–Kier alpha value is -2.01. The van der Waals surface area contributed by atoms with E-state index in [1.807, 2.05) is 24.5 Å². The molecule has 0 aliphatic carbocycles. The van der Waals surface area contributed by atoms with E-state index in [4.69, 9.17) is 0 Å². The highest BCUT2D eigenvalue weighted by Crippen LogP contribution is 2.19. The van der Waals surface area contributed by atoms with Crippen LogP contribution < -0.4 is 10.2 Å². The summed E-state index contributed by atoms with van der Waals surface area (Å²) in [5, 5.41) is 17.1. The average Bonchev–Trinajstić information content (AvgIpc) is 2.89. The largest absolute Gasteiger partial charge is 0.508 e. The van der Waals surface area contributed by atoms with Gasteiger partial charge in [0.15, 0.2) is 0 Å². The Balaban J connectivity index is 1.84. The molecule has 1 aromatic heterocycles. The van der Waals surface area contributed by atoms with Gasteiger partial charge in [0, 0.05) is 32.2 Å². The molecule has 2 aromatic rings. The van der Waals surface area contributed by atoms with E-state index in [0.29, 0.717) is 0 Å². The molecule has 2 heterocycles. The van der Waals surface area contributed by atoms with Gasteiger partial charge in [0.1, 0.15) is 5.75 Å². The number of hydrogen-bond donors (Lipinski definition) is 2. The van der Waals surface area contributed by atoms with Crippen molar-refractivity contribution in [1.82, 2.24) is 15.1 Å². The van der Waals surface area contributed by atoms with Gasteiger partial charge >= 0.3 is 0 Å². The van der Waals surface area contributed by atoms with Gasteiger partial charge in [0.2, 0.25) is 0 Å². The fraction of sp³-hybridized carbons (Fsp3) is 0.308. The van der Waals surface area contributed by atoms with Crippen molar-refractivity contribution in [3.8, 4) is 11.4 Å². The highest BCUT2D eigenvalue weighted by Gasteiger charge is 2.12. The topological polar surface area (TPSA) is 53.3 Å². The smallest absolute Gasteiger partial charge is 0.117 e. The number of rotatable bonds is 2. The predicted molar refractivity (Wildman–Crippen MR) is 70.3 cm³/mol. The zero-order valence-electron chi connectivity index (χ0n) is 10.1. The molecule has 18 heavy (non-hydrogen) atoms. The van der Waals surface area contributed by atoms with Gasteiger partial charge in [0.05, 0.1) is 23.8 Å². The van der Waals surface area contributed by atoms with E-state index >= 15 is 0 Å². The van der Waals surface area contributed by atoms with Gasteiger partial charge in [-0.15, -0.1) is 0 Å². The van der Waals surface area contributed by atoms with E-state index < -0.39 is 0 Å². The molecule has 94 valence electrons. The van der Waals surface area contributed by atoms with E-state index in [1.165, 1.54) is 0 Å². The van der Waals surface area contributed by atoms with Gasteiger partial charge in [-0.05, 0) is 12.1 Å². The van der Waals surface area contributed by atoms with Gasteiger partial charge in [-0.3, -0.25) is 0 Å². The molecule has 1 aromatic carbocycles. The molecule has 0 unspecified atom stereocenters. The number of aromatic nitrogens is 2. The van der Waals surface area contributed by atoms with Crippen molar-refractivity contribution in [3.63, 3.8) is 0 Å². The number of nitrogens with zero attached hydrogens (tertiary/aromatic N) is 3. The van der Waals surface area contributed by atoms with Crippen molar-refractivity contribution in [2.45, 2.75) is 0 Å². The summed E-state index contributed by atoms with van der Waals surface area (Å²) in [6.45, 7) is 4.03. The zero-order valence-corrected chi connectivity index (χ0v) is 10.1. The predicted octanol–water partition coefficient (Wildman–Crippen LogP) is 0.988. The third kappa shape index (κ3) is 2.17. The molecule has 5 heteroatoms. The molecule has 0 atom stereocenters. The van der Waals surface area contributed by atoms with Crippen molar-refractivity contribution >= 4 is 5.69 Å². The number of piperazine rings is 1. The summed E-state index contributed by atoms with van der Waals surface area (Å²) in [7, 11) is 0. The third-order valence-electron chi connectivity index (χ3n) is 3.15. The lowest BCUT2D eigenvalue weighted by Crippen LogP contribution is -2.43. The normalized spacial score (nSPS) is 15.9. The lowest BCUT2D eigenvalue weighted by molar-refractivity contribution is 0.475. The first-order valence-electron chi connectivity index (χ1n) is 6.13. The second kappa shape index (κ2) is 4.70. The zero-order chi connectivity index (χ0) is 12.4. The Labute approximate surface area is 106 Å². The summed E-state index contributed by atoms with van der Waals surface area (Å²) in [5.41, 5.74) is 2.00. The molecule has 0 amide bonds. The average molecular weight is 244 g/mol. The number of aromatic hydroxyl groups is 1. The maximum Gasteiger partial charge on any atom is 0.117 e. The summed E-state index contributed by atoms with van der Waals surface area (Å²) in [6.07, 6.45) is 3.87. The molecular weight excluding hydrogens is 228 g/mol. The lowest BCUT2D eigenvalue weighted by atomic mass is 10.3. The Morgan fingerprint density at radius 1 is 1.17 bits per heavy atom. The van der Waals surface area contributed by atoms with Gasteiger partial charge in [-0.25, -0.2) is 4.68 Å². The molecular formula is C13H16N4O. The monoisotopic (exact) mass is 244 g/mol. The Morgan fingerprint density at radius 2 is 2.00 bits per heavy atom. The minimum atomic E-state index is 0.256. The molecule has 5 nitrogen and oxygen atoms in total. The van der Waals surface area contributed by atoms with Crippen molar-refractivity contribution in [2.24, 2.45) is 0 Å². The summed E-state index contributed by atoms with van der Waals surface area (Å²) in [6, 6.07) is 7.10. The molecule has 0 bridgehead atoms. The van der Waals surface area contributed by atoms with Crippen LogP contribution in [0.15, 0.2) is 36.7 Å².